The van der Waals surface area contributed by atoms with Crippen LogP contribution in [0.2, 0.25) is 6.04 Å². The van der Waals surface area contributed by atoms with E-state index in [1.54, 1.807) is 0 Å². The van der Waals surface area contributed by atoms with Crippen molar-refractivity contribution in [1.82, 2.24) is 0 Å². The third kappa shape index (κ3) is 6.51. The molecule has 0 amide bonds. The fraction of sp³-hybridized carbons (Fsp3) is 1.00. The maximum absolute atomic E-state index is 5.49. The van der Waals surface area contributed by atoms with Gasteiger partial charge in [-0.1, -0.05) is 25.3 Å². The van der Waals surface area contributed by atoms with E-state index < -0.39 is 0 Å². The molecule has 0 aliphatic carbocycles. The molecule has 0 aromatic rings. The lowest BCUT2D eigenvalue weighted by atomic mass is 10.2. The highest BCUT2D eigenvalue weighted by molar-refractivity contribution is 6.17. The molecular weight excluding hydrogens is 136 g/mol. The highest BCUT2D eigenvalue weighted by atomic mass is 35.5. The molecule has 0 N–H and O–H groups in total. The zero-order valence-corrected chi connectivity index (χ0v) is 8.38. The second kappa shape index (κ2) is 7.51. The summed E-state index contributed by atoms with van der Waals surface area (Å²) in [5.41, 5.74) is 0. The third-order valence-electron chi connectivity index (χ3n) is 1.24. The van der Waals surface area contributed by atoms with Crippen LogP contribution >= 0.6 is 11.6 Å². The monoisotopic (exact) mass is 150 g/mol. The van der Waals surface area contributed by atoms with Crippen LogP contribution in [0.25, 0.3) is 0 Å². The predicted octanol–water partition coefficient (Wildman–Crippen LogP) is 1.57. The molecule has 0 fully saturated rings. The van der Waals surface area contributed by atoms with Crippen molar-refractivity contribution < 1.29 is 0 Å². The number of halogens is 1. The van der Waals surface area contributed by atoms with Gasteiger partial charge in [0.25, 0.3) is 0 Å². The Morgan fingerprint density at radius 3 is 2.12 bits per heavy atom. The fourth-order valence-corrected chi connectivity index (χ4v) is 1.39. The van der Waals surface area contributed by atoms with Gasteiger partial charge in [0.15, 0.2) is 0 Å². The maximum atomic E-state index is 5.49. The van der Waals surface area contributed by atoms with Crippen molar-refractivity contribution in [2.45, 2.75) is 31.7 Å². The van der Waals surface area contributed by atoms with Crippen molar-refractivity contribution in [3.05, 3.63) is 0 Å². The van der Waals surface area contributed by atoms with E-state index in [1.165, 1.54) is 42.0 Å². The van der Waals surface area contributed by atoms with Crippen LogP contribution in [0.4, 0.5) is 0 Å². The zero-order valence-electron chi connectivity index (χ0n) is 5.62. The van der Waals surface area contributed by atoms with Gasteiger partial charge < -0.3 is 0 Å². The molecule has 0 atom stereocenters. The van der Waals surface area contributed by atoms with E-state index in [1.807, 2.05) is 0 Å². The number of hydrogen-bond donors (Lipinski definition) is 0. The van der Waals surface area contributed by atoms with E-state index in [2.05, 4.69) is 0 Å². The average Bonchev–Trinajstić information content (AvgIpc) is 1.81. The summed E-state index contributed by atoms with van der Waals surface area (Å²) in [6.07, 6.45) is 5.38. The van der Waals surface area contributed by atoms with E-state index >= 15 is 0 Å². The van der Waals surface area contributed by atoms with E-state index in [-0.39, 0.29) is 0 Å². The van der Waals surface area contributed by atoms with Gasteiger partial charge in [0.2, 0.25) is 0 Å². The van der Waals surface area contributed by atoms with Crippen molar-refractivity contribution in [3.8, 4) is 0 Å². The molecule has 2 heteroatoms. The topological polar surface area (TPSA) is 0 Å². The molecule has 0 aliphatic rings. The molecule has 0 rings (SSSR count). The number of hydrogen-bond acceptors (Lipinski definition) is 0. The fourth-order valence-electron chi connectivity index (χ4n) is 0.698. The summed E-state index contributed by atoms with van der Waals surface area (Å²) in [4.78, 5) is 0. The Kier molecular flexibility index (Phi) is 7.98. The average molecular weight is 151 g/mol. The van der Waals surface area contributed by atoms with Gasteiger partial charge in [-0.3, -0.25) is 0 Å². The first-order valence-corrected chi connectivity index (χ1v) is 5.42. The Balaban J connectivity index is 2.53. The smallest absolute Gasteiger partial charge is 0.0223 e. The van der Waals surface area contributed by atoms with Gasteiger partial charge in [-0.05, 0) is 6.42 Å². The van der Waals surface area contributed by atoms with Gasteiger partial charge in [-0.2, -0.15) is 0 Å². The molecule has 50 valence electrons. The summed E-state index contributed by atoms with van der Waals surface area (Å²) in [5, 5.41) is 0. The van der Waals surface area contributed by atoms with Gasteiger partial charge in [-0.25, -0.2) is 0 Å². The molecule has 0 saturated carbocycles. The molecular formula is C6H15ClSi. The van der Waals surface area contributed by atoms with E-state index in [0.29, 0.717) is 0 Å². The molecule has 0 bridgehead atoms. The number of alkyl halides is 1. The minimum Gasteiger partial charge on any atom is -0.127 e. The molecule has 0 aromatic heterocycles. The van der Waals surface area contributed by atoms with Crippen molar-refractivity contribution in [1.29, 1.82) is 0 Å². The second-order valence-electron chi connectivity index (χ2n) is 2.10. The first-order chi connectivity index (χ1) is 3.91. The lowest BCUT2D eigenvalue weighted by Gasteiger charge is -1.93. The molecule has 0 saturated heterocycles. The Bertz CT molecular complexity index is 33.5. The van der Waals surface area contributed by atoms with Gasteiger partial charge in [-0.15, -0.1) is 11.6 Å². The van der Waals surface area contributed by atoms with Crippen molar-refractivity contribution in [2.24, 2.45) is 0 Å². The summed E-state index contributed by atoms with van der Waals surface area (Å²) in [5.74, 6) is 0.848. The molecule has 0 heterocycles. The van der Waals surface area contributed by atoms with E-state index in [4.69, 9.17) is 11.6 Å². The predicted molar refractivity (Wildman–Crippen MR) is 43.9 cm³/mol. The molecule has 0 aromatic carbocycles. The molecule has 0 aliphatic heterocycles. The van der Waals surface area contributed by atoms with Crippen molar-refractivity contribution in [3.63, 3.8) is 0 Å². The minimum absolute atomic E-state index is 0.848. The van der Waals surface area contributed by atoms with Crippen molar-refractivity contribution >= 4 is 21.8 Å². The number of rotatable bonds is 5. The summed E-state index contributed by atoms with van der Waals surface area (Å²) in [6, 6.07) is 1.46. The number of unbranched alkanes of at least 4 members (excludes halogenated alkanes) is 3. The van der Waals surface area contributed by atoms with Crippen LogP contribution in [-0.2, 0) is 0 Å². The Morgan fingerprint density at radius 2 is 1.62 bits per heavy atom. The van der Waals surface area contributed by atoms with Crippen LogP contribution in [0, 0.1) is 0 Å². The largest absolute Gasteiger partial charge is 0.127 e. The van der Waals surface area contributed by atoms with Gasteiger partial charge in [0, 0.05) is 16.1 Å². The summed E-state index contributed by atoms with van der Waals surface area (Å²) >= 11 is 5.49. The van der Waals surface area contributed by atoms with Crippen molar-refractivity contribution in [2.75, 3.05) is 5.88 Å². The standard InChI is InChI=1S/C6H15ClSi/c7-5-3-1-2-4-6-8/h1-6H2,8H3. The normalized spacial score (nSPS) is 10.1. The maximum Gasteiger partial charge on any atom is 0.0223 e. The van der Waals surface area contributed by atoms with E-state index in [9.17, 15) is 0 Å². The molecule has 0 nitrogen and oxygen atoms in total. The molecule has 8 heavy (non-hydrogen) atoms. The zero-order chi connectivity index (χ0) is 6.24. The lowest BCUT2D eigenvalue weighted by Crippen LogP contribution is -1.77. The highest BCUT2D eigenvalue weighted by Gasteiger charge is 1.84. The van der Waals surface area contributed by atoms with Gasteiger partial charge >= 0.3 is 0 Å². The lowest BCUT2D eigenvalue weighted by molar-refractivity contribution is 0.704. The van der Waals surface area contributed by atoms with Gasteiger partial charge in [0.1, 0.15) is 0 Å². The van der Waals surface area contributed by atoms with Crippen LogP contribution in [-0.4, -0.2) is 16.1 Å². The summed E-state index contributed by atoms with van der Waals surface area (Å²) in [6.45, 7) is 0. The SMILES string of the molecule is [SiH3]CCCCCCCl. The minimum atomic E-state index is 0.848. The molecule has 0 unspecified atom stereocenters. The second-order valence-corrected chi connectivity index (χ2v) is 3.48. The first kappa shape index (κ1) is 8.51. The van der Waals surface area contributed by atoms with E-state index in [0.717, 1.165) is 5.88 Å². The Hall–Kier alpha value is 0.507. The quantitative estimate of drug-likeness (QED) is 0.317. The highest BCUT2D eigenvalue weighted by Crippen LogP contribution is 2.01. The van der Waals surface area contributed by atoms with Crippen LogP contribution in [0.1, 0.15) is 25.7 Å². The third-order valence-corrected chi connectivity index (χ3v) is 2.21. The van der Waals surface area contributed by atoms with Crippen LogP contribution in [0.3, 0.4) is 0 Å². The van der Waals surface area contributed by atoms with Crippen LogP contribution in [0.15, 0.2) is 0 Å². The summed E-state index contributed by atoms with van der Waals surface area (Å²) < 4.78 is 0. The summed E-state index contributed by atoms with van der Waals surface area (Å²) in [7, 11) is 1.37. The molecule has 0 spiro atoms. The van der Waals surface area contributed by atoms with Gasteiger partial charge in [0.05, 0.1) is 0 Å². The molecule has 0 radical (unpaired) electrons. The first-order valence-electron chi connectivity index (χ1n) is 3.47. The Labute approximate surface area is 60.0 Å². The Morgan fingerprint density at radius 1 is 1.00 bits per heavy atom. The van der Waals surface area contributed by atoms with Crippen LogP contribution < -0.4 is 0 Å². The van der Waals surface area contributed by atoms with Crippen LogP contribution in [0.5, 0.6) is 0 Å².